The Bertz CT molecular complexity index is 611. The summed E-state index contributed by atoms with van der Waals surface area (Å²) < 4.78 is 0. The first-order valence-electron chi connectivity index (χ1n) is 8.97. The maximum atomic E-state index is 13.2. The second kappa shape index (κ2) is 5.30. The van der Waals surface area contributed by atoms with Gasteiger partial charge in [0.2, 0.25) is 6.17 Å². The number of Topliss-reactive ketones (excluding diaryl/α,β-unsaturated/α-hetero) is 1. The number of unbranched alkanes of at least 4 members (excludes halogenated alkanes) is 1. The summed E-state index contributed by atoms with van der Waals surface area (Å²) >= 11 is 6.06. The molecule has 3 nitrogen and oxygen atoms in total. The highest BCUT2D eigenvalue weighted by Gasteiger charge is 2.69. The molecule has 1 aromatic carbocycles. The molecule has 4 saturated heterocycles. The first kappa shape index (κ1) is 15.6. The zero-order chi connectivity index (χ0) is 16.2. The Kier molecular flexibility index (Phi) is 3.60. The minimum atomic E-state index is -0.113. The van der Waals surface area contributed by atoms with Crippen molar-refractivity contribution in [1.82, 2.24) is 0 Å². The van der Waals surface area contributed by atoms with Crippen molar-refractivity contribution in [2.24, 2.45) is 10.8 Å². The van der Waals surface area contributed by atoms with Crippen molar-refractivity contribution >= 4 is 17.4 Å². The first-order chi connectivity index (χ1) is 11.0. The van der Waals surface area contributed by atoms with E-state index in [9.17, 15) is 4.79 Å². The number of carbonyl (C=O) groups is 1. The molecule has 4 heteroatoms. The summed E-state index contributed by atoms with van der Waals surface area (Å²) in [6.07, 6.45) is 3.91. The van der Waals surface area contributed by atoms with Crippen LogP contribution < -0.4 is 9.80 Å². The number of carbonyl (C=O) groups excluding carboxylic acids is 1. The molecule has 0 aromatic heterocycles. The topological polar surface area (TPSA) is 26.0 Å². The molecular weight excluding hydrogens is 308 g/mol. The van der Waals surface area contributed by atoms with Gasteiger partial charge in [-0.1, -0.05) is 31.4 Å². The Balaban J connectivity index is 1.68. The van der Waals surface area contributed by atoms with Gasteiger partial charge >= 0.3 is 0 Å². The number of halogens is 1. The molecule has 4 aliphatic rings. The molecule has 0 radical (unpaired) electrons. The number of hydrogen-bond acceptors (Lipinski definition) is 1. The number of hydrogen-bond donors (Lipinski definition) is 2. The Morgan fingerprint density at radius 2 is 1.74 bits per heavy atom. The molecule has 0 amide bonds. The van der Waals surface area contributed by atoms with Crippen LogP contribution in [0.2, 0.25) is 5.02 Å². The highest BCUT2D eigenvalue weighted by molar-refractivity contribution is 6.30. The lowest BCUT2D eigenvalue weighted by Gasteiger charge is -2.59. The van der Waals surface area contributed by atoms with Gasteiger partial charge in [0, 0.05) is 5.02 Å². The van der Waals surface area contributed by atoms with Gasteiger partial charge in [-0.25, -0.2) is 0 Å². The summed E-state index contributed by atoms with van der Waals surface area (Å²) in [6.45, 7) is 8.49. The second-order valence-electron chi connectivity index (χ2n) is 8.28. The summed E-state index contributed by atoms with van der Waals surface area (Å²) in [5, 5.41) is 0.800. The van der Waals surface area contributed by atoms with Crippen LogP contribution in [-0.2, 0) is 4.79 Å². The quantitative estimate of drug-likeness (QED) is 0.841. The van der Waals surface area contributed by atoms with E-state index in [2.05, 4.69) is 26.0 Å². The molecule has 23 heavy (non-hydrogen) atoms. The lowest BCUT2D eigenvalue weighted by Crippen LogP contribution is -3.41. The molecule has 1 aromatic rings. The van der Waals surface area contributed by atoms with E-state index in [1.54, 1.807) is 9.80 Å². The van der Waals surface area contributed by atoms with Gasteiger partial charge in [-0.3, -0.25) is 14.6 Å². The van der Waals surface area contributed by atoms with Gasteiger partial charge in [-0.05, 0) is 37.6 Å². The van der Waals surface area contributed by atoms with Crippen molar-refractivity contribution in [3.8, 4) is 0 Å². The van der Waals surface area contributed by atoms with Crippen LogP contribution in [0.25, 0.3) is 0 Å². The van der Waals surface area contributed by atoms with Crippen molar-refractivity contribution in [2.75, 3.05) is 26.2 Å². The van der Waals surface area contributed by atoms with Crippen molar-refractivity contribution in [3.63, 3.8) is 0 Å². The molecule has 0 aliphatic carbocycles. The molecule has 4 bridgehead atoms. The minimum absolute atomic E-state index is 0.0607. The van der Waals surface area contributed by atoms with Crippen LogP contribution in [0, 0.1) is 10.8 Å². The summed E-state index contributed by atoms with van der Waals surface area (Å²) in [5.74, 6) is 0.570. The van der Waals surface area contributed by atoms with E-state index in [1.165, 1.54) is 18.4 Å². The summed E-state index contributed by atoms with van der Waals surface area (Å²) in [4.78, 5) is 16.4. The van der Waals surface area contributed by atoms with E-state index in [0.717, 1.165) is 37.6 Å². The van der Waals surface area contributed by atoms with Crippen LogP contribution in [0.15, 0.2) is 24.3 Å². The summed E-state index contributed by atoms with van der Waals surface area (Å²) in [5.41, 5.74) is 1.20. The molecular formula is C19H27ClN2O+2. The SMILES string of the molecule is CCCCC12C[NH+]3CC(C)(C[NH+](C1)C3c1ccc(Cl)cc1)C2=O. The average molecular weight is 335 g/mol. The molecule has 0 saturated carbocycles. The van der Waals surface area contributed by atoms with Crippen molar-refractivity contribution in [2.45, 2.75) is 39.3 Å². The number of ketones is 1. The van der Waals surface area contributed by atoms with E-state index >= 15 is 0 Å². The van der Waals surface area contributed by atoms with Gasteiger partial charge < -0.3 is 0 Å². The van der Waals surface area contributed by atoms with Crippen molar-refractivity contribution in [1.29, 1.82) is 0 Å². The van der Waals surface area contributed by atoms with Crippen molar-refractivity contribution in [3.05, 3.63) is 34.9 Å². The summed E-state index contributed by atoms with van der Waals surface area (Å²) in [6, 6.07) is 8.36. The van der Waals surface area contributed by atoms with Crippen LogP contribution in [-0.4, -0.2) is 32.0 Å². The molecule has 5 rings (SSSR count). The van der Waals surface area contributed by atoms with Gasteiger partial charge in [0.05, 0.1) is 18.7 Å². The predicted octanol–water partition coefficient (Wildman–Crippen LogP) is 0.901. The molecule has 4 heterocycles. The molecule has 4 aliphatic heterocycles. The minimum Gasteiger partial charge on any atom is -0.297 e. The van der Waals surface area contributed by atoms with Gasteiger partial charge in [0.15, 0.2) is 5.78 Å². The van der Waals surface area contributed by atoms with Crippen molar-refractivity contribution < 1.29 is 14.6 Å². The Morgan fingerprint density at radius 3 is 2.30 bits per heavy atom. The molecule has 4 fully saturated rings. The molecule has 2 unspecified atom stereocenters. The fourth-order valence-electron chi connectivity index (χ4n) is 5.71. The van der Waals surface area contributed by atoms with E-state index in [0.29, 0.717) is 11.9 Å². The average Bonchev–Trinajstić information content (AvgIpc) is 2.51. The Morgan fingerprint density at radius 1 is 1.13 bits per heavy atom. The number of rotatable bonds is 4. The highest BCUT2D eigenvalue weighted by Crippen LogP contribution is 2.39. The third kappa shape index (κ3) is 2.28. The number of benzene rings is 1. The van der Waals surface area contributed by atoms with Gasteiger partial charge in [-0.2, -0.15) is 0 Å². The van der Waals surface area contributed by atoms with Crippen LogP contribution in [0.1, 0.15) is 44.8 Å². The summed E-state index contributed by atoms with van der Waals surface area (Å²) in [7, 11) is 0. The zero-order valence-electron chi connectivity index (χ0n) is 14.1. The highest BCUT2D eigenvalue weighted by atomic mass is 35.5. The van der Waals surface area contributed by atoms with Crippen LogP contribution in [0.4, 0.5) is 0 Å². The molecule has 2 atom stereocenters. The number of nitrogens with one attached hydrogen (secondary N) is 2. The standard InChI is InChI=1S/C19H25ClN2O/c1-3-4-9-19-12-21-10-18(2,17(19)23)11-22(13-19)16(21)14-5-7-15(20)8-6-14/h5-8,16H,3-4,9-13H2,1-2H3/p+2. The van der Waals surface area contributed by atoms with Gasteiger partial charge in [0.1, 0.15) is 23.9 Å². The monoisotopic (exact) mass is 334 g/mol. The zero-order valence-corrected chi connectivity index (χ0v) is 14.9. The normalized spacial score (nSPS) is 41.5. The predicted molar refractivity (Wildman–Crippen MR) is 90.7 cm³/mol. The largest absolute Gasteiger partial charge is 0.297 e. The molecule has 0 spiro atoms. The van der Waals surface area contributed by atoms with E-state index in [4.69, 9.17) is 11.6 Å². The van der Waals surface area contributed by atoms with Gasteiger partial charge in [-0.15, -0.1) is 0 Å². The Labute approximate surface area is 143 Å². The third-order valence-electron chi connectivity index (χ3n) is 6.42. The maximum absolute atomic E-state index is 13.2. The molecule has 2 N–H and O–H groups in total. The number of piperidine rings is 2. The van der Waals surface area contributed by atoms with E-state index in [1.807, 2.05) is 12.1 Å². The van der Waals surface area contributed by atoms with E-state index in [-0.39, 0.29) is 10.8 Å². The first-order valence-corrected chi connectivity index (χ1v) is 9.35. The fraction of sp³-hybridized carbons (Fsp3) is 0.632. The third-order valence-corrected chi connectivity index (χ3v) is 6.68. The molecule has 124 valence electrons. The maximum Gasteiger partial charge on any atom is 0.240 e. The lowest BCUT2D eigenvalue weighted by atomic mass is 9.59. The Hall–Kier alpha value is -0.900. The van der Waals surface area contributed by atoms with Gasteiger partial charge in [0.25, 0.3) is 0 Å². The smallest absolute Gasteiger partial charge is 0.240 e. The van der Waals surface area contributed by atoms with E-state index < -0.39 is 0 Å². The second-order valence-corrected chi connectivity index (χ2v) is 8.72. The lowest BCUT2D eigenvalue weighted by molar-refractivity contribution is -1.18. The van der Waals surface area contributed by atoms with Crippen LogP contribution in [0.5, 0.6) is 0 Å². The van der Waals surface area contributed by atoms with Crippen LogP contribution >= 0.6 is 11.6 Å². The number of quaternary nitrogens is 2. The van der Waals surface area contributed by atoms with Crippen LogP contribution in [0.3, 0.4) is 0 Å². The fourth-order valence-corrected chi connectivity index (χ4v) is 5.84.